The van der Waals surface area contributed by atoms with E-state index < -0.39 is 11.6 Å². The largest absolute Gasteiger partial charge is 0.207 e. The molecule has 1 atom stereocenters. The second-order valence-electron chi connectivity index (χ2n) is 5.59. The van der Waals surface area contributed by atoms with Crippen molar-refractivity contribution >= 4 is 11.6 Å². The number of hydrogen-bond acceptors (Lipinski definition) is 0. The molecule has 1 unspecified atom stereocenters. The summed E-state index contributed by atoms with van der Waals surface area (Å²) in [7, 11) is 0. The van der Waals surface area contributed by atoms with Crippen molar-refractivity contribution in [3.05, 3.63) is 35.4 Å². The molecule has 0 N–H and O–H groups in total. The van der Waals surface area contributed by atoms with Gasteiger partial charge in [-0.1, -0.05) is 32.3 Å². The van der Waals surface area contributed by atoms with Gasteiger partial charge in [-0.2, -0.15) is 0 Å². The van der Waals surface area contributed by atoms with Gasteiger partial charge in [0.05, 0.1) is 0 Å². The Morgan fingerprint density at radius 2 is 1.72 bits per heavy atom. The highest BCUT2D eigenvalue weighted by Gasteiger charge is 2.35. The minimum atomic E-state index is -0.486. The first-order valence-electron chi connectivity index (χ1n) is 6.60. The van der Waals surface area contributed by atoms with Crippen LogP contribution in [0.5, 0.6) is 0 Å². The van der Waals surface area contributed by atoms with Gasteiger partial charge in [-0.05, 0) is 36.8 Å². The van der Waals surface area contributed by atoms with E-state index in [-0.39, 0.29) is 22.8 Å². The van der Waals surface area contributed by atoms with Gasteiger partial charge < -0.3 is 0 Å². The van der Waals surface area contributed by atoms with Crippen LogP contribution in [-0.4, -0.2) is 5.38 Å². The van der Waals surface area contributed by atoms with Crippen molar-refractivity contribution < 1.29 is 8.78 Å². The number of rotatable bonds is 3. The maximum Gasteiger partial charge on any atom is 0.129 e. The molecule has 0 saturated heterocycles. The molecule has 1 saturated carbocycles. The summed E-state index contributed by atoms with van der Waals surface area (Å²) in [4.78, 5) is 0. The van der Waals surface area contributed by atoms with Gasteiger partial charge in [-0.3, -0.25) is 0 Å². The molecular weight excluding hydrogens is 254 g/mol. The molecule has 0 amide bonds. The molecule has 0 nitrogen and oxygen atoms in total. The van der Waals surface area contributed by atoms with Crippen LogP contribution in [0.4, 0.5) is 8.78 Å². The Kier molecular flexibility index (Phi) is 4.26. The first-order valence-corrected chi connectivity index (χ1v) is 7.03. The normalized spacial score (nSPS) is 20.7. The Bertz CT molecular complexity index is 391. The van der Waals surface area contributed by atoms with Crippen LogP contribution < -0.4 is 0 Å². The Labute approximate surface area is 112 Å². The summed E-state index contributed by atoms with van der Waals surface area (Å²) in [5.74, 6) is -0.972. The molecule has 1 aromatic carbocycles. The predicted octanol–water partition coefficient (Wildman–Crippen LogP) is 5.09. The highest BCUT2D eigenvalue weighted by atomic mass is 35.5. The van der Waals surface area contributed by atoms with Crippen molar-refractivity contribution in [3.63, 3.8) is 0 Å². The summed E-state index contributed by atoms with van der Waals surface area (Å²) in [6, 6.07) is 3.98. The summed E-state index contributed by atoms with van der Waals surface area (Å²) >= 11 is 6.45. The molecule has 1 aliphatic carbocycles. The lowest BCUT2D eigenvalue weighted by atomic mass is 9.72. The van der Waals surface area contributed by atoms with Crippen LogP contribution in [0.1, 0.15) is 44.6 Å². The van der Waals surface area contributed by atoms with E-state index in [0.717, 1.165) is 12.8 Å². The average molecular weight is 273 g/mol. The van der Waals surface area contributed by atoms with E-state index >= 15 is 0 Å². The van der Waals surface area contributed by atoms with Gasteiger partial charge in [0, 0.05) is 10.9 Å². The van der Waals surface area contributed by atoms with Crippen LogP contribution in [-0.2, 0) is 6.42 Å². The van der Waals surface area contributed by atoms with Gasteiger partial charge in [0.1, 0.15) is 11.6 Å². The summed E-state index contributed by atoms with van der Waals surface area (Å²) in [6.07, 6.45) is 5.96. The quantitative estimate of drug-likeness (QED) is 0.673. The highest BCUT2D eigenvalue weighted by molar-refractivity contribution is 6.21. The lowest BCUT2D eigenvalue weighted by Gasteiger charge is -2.37. The van der Waals surface area contributed by atoms with Crippen molar-refractivity contribution in [1.82, 2.24) is 0 Å². The fraction of sp³-hybridized carbons (Fsp3) is 0.600. The van der Waals surface area contributed by atoms with Crippen LogP contribution in [0, 0.1) is 17.0 Å². The van der Waals surface area contributed by atoms with E-state index in [1.807, 2.05) is 0 Å². The van der Waals surface area contributed by atoms with Crippen molar-refractivity contribution in [3.8, 4) is 0 Å². The minimum Gasteiger partial charge on any atom is -0.207 e. The molecule has 1 aromatic rings. The Morgan fingerprint density at radius 1 is 1.17 bits per heavy atom. The number of benzene rings is 1. The topological polar surface area (TPSA) is 0 Å². The first kappa shape index (κ1) is 13.8. The zero-order valence-corrected chi connectivity index (χ0v) is 11.4. The van der Waals surface area contributed by atoms with Gasteiger partial charge in [-0.25, -0.2) is 8.78 Å². The summed E-state index contributed by atoms with van der Waals surface area (Å²) in [6.45, 7) is 2.14. The molecule has 1 aliphatic rings. The van der Waals surface area contributed by atoms with E-state index in [2.05, 4.69) is 6.92 Å². The second-order valence-corrected chi connectivity index (χ2v) is 6.11. The SMILES string of the molecule is CC1(C(Cl)Cc2c(F)cccc2F)CCCCC1. The molecule has 0 bridgehead atoms. The minimum absolute atomic E-state index is 0.00846. The van der Waals surface area contributed by atoms with Gasteiger partial charge in [0.25, 0.3) is 0 Å². The van der Waals surface area contributed by atoms with Crippen molar-refractivity contribution in [1.29, 1.82) is 0 Å². The first-order chi connectivity index (χ1) is 8.53. The zero-order valence-electron chi connectivity index (χ0n) is 10.7. The fourth-order valence-corrected chi connectivity index (χ4v) is 3.20. The molecule has 2 rings (SSSR count). The lowest BCUT2D eigenvalue weighted by molar-refractivity contribution is 0.203. The van der Waals surface area contributed by atoms with Crippen LogP contribution in [0.25, 0.3) is 0 Å². The zero-order chi connectivity index (χ0) is 13.2. The molecule has 0 heterocycles. The van der Waals surface area contributed by atoms with Gasteiger partial charge in [0.2, 0.25) is 0 Å². The Hall–Kier alpha value is -0.630. The van der Waals surface area contributed by atoms with E-state index in [0.29, 0.717) is 0 Å². The van der Waals surface area contributed by atoms with Crippen LogP contribution in [0.3, 0.4) is 0 Å². The van der Waals surface area contributed by atoms with Crippen LogP contribution >= 0.6 is 11.6 Å². The predicted molar refractivity (Wildman–Crippen MR) is 70.9 cm³/mol. The van der Waals surface area contributed by atoms with Gasteiger partial charge >= 0.3 is 0 Å². The van der Waals surface area contributed by atoms with Crippen molar-refractivity contribution in [2.45, 2.75) is 50.8 Å². The average Bonchev–Trinajstić information content (AvgIpc) is 2.34. The van der Waals surface area contributed by atoms with Gasteiger partial charge in [0.15, 0.2) is 0 Å². The van der Waals surface area contributed by atoms with Crippen LogP contribution in [0.15, 0.2) is 18.2 Å². The third-order valence-electron chi connectivity index (χ3n) is 4.20. The molecule has 0 aromatic heterocycles. The molecule has 0 spiro atoms. The Balaban J connectivity index is 2.13. The number of hydrogen-bond donors (Lipinski definition) is 0. The number of halogens is 3. The number of alkyl halides is 1. The maximum atomic E-state index is 13.6. The van der Waals surface area contributed by atoms with Gasteiger partial charge in [-0.15, -0.1) is 11.6 Å². The Morgan fingerprint density at radius 3 is 2.28 bits per heavy atom. The lowest BCUT2D eigenvalue weighted by Crippen LogP contribution is -2.32. The summed E-state index contributed by atoms with van der Waals surface area (Å²) in [5, 5.41) is -0.204. The highest BCUT2D eigenvalue weighted by Crippen LogP contribution is 2.42. The second kappa shape index (κ2) is 5.56. The third-order valence-corrected chi connectivity index (χ3v) is 4.88. The maximum absolute atomic E-state index is 13.6. The van der Waals surface area contributed by atoms with E-state index in [1.54, 1.807) is 0 Å². The molecule has 1 fully saturated rings. The van der Waals surface area contributed by atoms with E-state index in [1.165, 1.54) is 37.5 Å². The smallest absolute Gasteiger partial charge is 0.129 e. The molecule has 3 heteroatoms. The fourth-order valence-electron chi connectivity index (χ4n) is 2.83. The van der Waals surface area contributed by atoms with Crippen molar-refractivity contribution in [2.75, 3.05) is 0 Å². The van der Waals surface area contributed by atoms with Crippen LogP contribution in [0.2, 0.25) is 0 Å². The third kappa shape index (κ3) is 2.85. The summed E-state index contributed by atoms with van der Waals surface area (Å²) < 4.78 is 27.2. The van der Waals surface area contributed by atoms with E-state index in [4.69, 9.17) is 11.6 Å². The van der Waals surface area contributed by atoms with E-state index in [9.17, 15) is 8.78 Å². The standard InChI is InChI=1S/C15H19ClF2/c1-15(8-3-2-4-9-15)14(16)10-11-12(17)6-5-7-13(11)18/h5-7,14H,2-4,8-10H2,1H3. The van der Waals surface area contributed by atoms with Crippen molar-refractivity contribution in [2.24, 2.45) is 5.41 Å². The molecular formula is C15H19ClF2. The summed E-state index contributed by atoms with van der Waals surface area (Å²) in [5.41, 5.74) is 0.137. The molecule has 0 radical (unpaired) electrons. The molecule has 0 aliphatic heterocycles. The molecule has 18 heavy (non-hydrogen) atoms. The molecule has 100 valence electrons. The monoisotopic (exact) mass is 272 g/mol.